The molecule has 0 bridgehead atoms. The van der Waals surface area contributed by atoms with E-state index in [1.165, 1.54) is 0 Å². The molecular weight excluding hydrogens is 362 g/mol. The van der Waals surface area contributed by atoms with Crippen LogP contribution >= 0.6 is 27.5 Å². The van der Waals surface area contributed by atoms with Gasteiger partial charge in [0, 0.05) is 23.4 Å². The van der Waals surface area contributed by atoms with Gasteiger partial charge in [0.1, 0.15) is 0 Å². The van der Waals surface area contributed by atoms with Gasteiger partial charge in [-0.05, 0) is 58.8 Å². The van der Waals surface area contributed by atoms with Crippen LogP contribution in [0.2, 0.25) is 0 Å². The van der Waals surface area contributed by atoms with Crippen LogP contribution in [-0.2, 0) is 15.9 Å². The Morgan fingerprint density at radius 2 is 2.05 bits per heavy atom. The minimum absolute atomic E-state index is 0.311. The van der Waals surface area contributed by atoms with E-state index in [2.05, 4.69) is 15.9 Å². The van der Waals surface area contributed by atoms with Gasteiger partial charge in [0.05, 0.1) is 4.90 Å². The van der Waals surface area contributed by atoms with Gasteiger partial charge in [0.2, 0.25) is 10.0 Å². The Kier molecular flexibility index (Phi) is 5.16. The molecule has 0 aromatic heterocycles. The molecule has 0 amide bonds. The third kappa shape index (κ3) is 3.38. The van der Waals surface area contributed by atoms with Crippen LogP contribution in [0.25, 0.3) is 0 Å². The van der Waals surface area contributed by atoms with Gasteiger partial charge in [0.15, 0.2) is 0 Å². The summed E-state index contributed by atoms with van der Waals surface area (Å²) in [5, 5.41) is 0. The van der Waals surface area contributed by atoms with Crippen molar-refractivity contribution >= 4 is 37.6 Å². The first-order valence-electron chi connectivity index (χ1n) is 6.75. The zero-order chi connectivity index (χ0) is 14.9. The lowest BCUT2D eigenvalue weighted by molar-refractivity contribution is 0.411. The number of halogens is 2. The van der Waals surface area contributed by atoms with E-state index in [1.807, 2.05) is 19.9 Å². The van der Waals surface area contributed by atoms with Crippen LogP contribution in [0.1, 0.15) is 30.9 Å². The summed E-state index contributed by atoms with van der Waals surface area (Å²) in [6.07, 6.45) is 2.27. The van der Waals surface area contributed by atoms with Crippen molar-refractivity contribution in [3.63, 3.8) is 0 Å². The summed E-state index contributed by atoms with van der Waals surface area (Å²) in [5.74, 6) is 0.839. The third-order valence-electron chi connectivity index (χ3n) is 3.56. The molecule has 0 radical (unpaired) electrons. The lowest BCUT2D eigenvalue weighted by atomic mass is 10.2. The van der Waals surface area contributed by atoms with Crippen LogP contribution in [0.4, 0.5) is 0 Å². The second kappa shape index (κ2) is 6.34. The summed E-state index contributed by atoms with van der Waals surface area (Å²) in [6, 6.07) is 3.59. The quantitative estimate of drug-likeness (QED) is 0.702. The average molecular weight is 381 g/mol. The summed E-state index contributed by atoms with van der Waals surface area (Å²) >= 11 is 9.27. The molecule has 1 saturated carbocycles. The number of nitrogens with zero attached hydrogens (tertiary/aromatic N) is 1. The minimum atomic E-state index is -3.46. The van der Waals surface area contributed by atoms with Crippen molar-refractivity contribution in [3.05, 3.63) is 27.7 Å². The van der Waals surface area contributed by atoms with Gasteiger partial charge in [-0.3, -0.25) is 0 Å². The van der Waals surface area contributed by atoms with Crippen LogP contribution in [0.3, 0.4) is 0 Å². The van der Waals surface area contributed by atoms with E-state index >= 15 is 0 Å². The molecule has 1 aliphatic rings. The van der Waals surface area contributed by atoms with Crippen LogP contribution in [-0.4, -0.2) is 25.8 Å². The van der Waals surface area contributed by atoms with E-state index in [1.54, 1.807) is 10.4 Å². The predicted molar refractivity (Wildman–Crippen MR) is 85.6 cm³/mol. The highest BCUT2D eigenvalue weighted by atomic mass is 79.9. The molecule has 0 atom stereocenters. The third-order valence-corrected chi connectivity index (χ3v) is 7.15. The number of hydrogen-bond acceptors (Lipinski definition) is 2. The lowest BCUT2D eigenvalue weighted by Gasteiger charge is -2.22. The number of alkyl halides is 1. The number of hydrogen-bond donors (Lipinski definition) is 0. The Morgan fingerprint density at radius 3 is 2.55 bits per heavy atom. The van der Waals surface area contributed by atoms with Gasteiger partial charge in [-0.15, -0.1) is 11.6 Å². The molecule has 3 nitrogen and oxygen atoms in total. The fraction of sp³-hybridized carbons (Fsp3) is 0.571. The second-order valence-electron chi connectivity index (χ2n) is 5.26. The largest absolute Gasteiger partial charge is 0.244 e. The highest BCUT2D eigenvalue weighted by Gasteiger charge is 2.32. The Labute approximate surface area is 134 Å². The summed E-state index contributed by atoms with van der Waals surface area (Å²) < 4.78 is 27.9. The van der Waals surface area contributed by atoms with E-state index in [9.17, 15) is 8.42 Å². The predicted octanol–water partition coefficient (Wildman–Crippen LogP) is 3.92. The van der Waals surface area contributed by atoms with Crippen molar-refractivity contribution < 1.29 is 8.42 Å². The zero-order valence-corrected chi connectivity index (χ0v) is 14.9. The van der Waals surface area contributed by atoms with Crippen molar-refractivity contribution in [1.82, 2.24) is 4.31 Å². The fourth-order valence-electron chi connectivity index (χ4n) is 2.20. The van der Waals surface area contributed by atoms with E-state index in [0.717, 1.165) is 24.0 Å². The van der Waals surface area contributed by atoms with Gasteiger partial charge in [-0.1, -0.05) is 13.0 Å². The van der Waals surface area contributed by atoms with Crippen LogP contribution < -0.4 is 0 Å². The highest BCUT2D eigenvalue weighted by Crippen LogP contribution is 2.34. The molecule has 20 heavy (non-hydrogen) atoms. The monoisotopic (exact) mass is 379 g/mol. The molecular formula is C14H19BrClNO2S. The van der Waals surface area contributed by atoms with E-state index < -0.39 is 10.0 Å². The van der Waals surface area contributed by atoms with Crippen molar-refractivity contribution in [3.8, 4) is 0 Å². The maximum atomic E-state index is 12.8. The Hall–Kier alpha value is -0.100. The molecule has 112 valence electrons. The van der Waals surface area contributed by atoms with Crippen LogP contribution in [0.15, 0.2) is 21.5 Å². The van der Waals surface area contributed by atoms with Crippen molar-refractivity contribution in [2.75, 3.05) is 13.1 Å². The molecule has 0 unspecified atom stereocenters. The number of aryl methyl sites for hydroxylation is 1. The van der Waals surface area contributed by atoms with Gasteiger partial charge in [0.25, 0.3) is 0 Å². The summed E-state index contributed by atoms with van der Waals surface area (Å²) in [5.41, 5.74) is 1.72. The molecule has 1 aliphatic carbocycles. The molecule has 1 aromatic rings. The molecule has 0 saturated heterocycles. The van der Waals surface area contributed by atoms with Gasteiger partial charge < -0.3 is 0 Å². The van der Waals surface area contributed by atoms with Crippen molar-refractivity contribution in [2.24, 2.45) is 5.92 Å². The zero-order valence-electron chi connectivity index (χ0n) is 11.7. The minimum Gasteiger partial charge on any atom is -0.207 e. The van der Waals surface area contributed by atoms with Gasteiger partial charge in [-0.25, -0.2) is 8.42 Å². The first kappa shape index (κ1) is 16.3. The maximum absolute atomic E-state index is 12.8. The van der Waals surface area contributed by atoms with Gasteiger partial charge in [-0.2, -0.15) is 4.31 Å². The second-order valence-corrected chi connectivity index (χ2v) is 8.22. The molecule has 0 aliphatic heterocycles. The summed E-state index contributed by atoms with van der Waals surface area (Å²) in [7, 11) is -3.46. The fourth-order valence-corrected chi connectivity index (χ4v) is 4.91. The maximum Gasteiger partial charge on any atom is 0.244 e. The van der Waals surface area contributed by atoms with Gasteiger partial charge >= 0.3 is 0 Å². The molecule has 0 N–H and O–H groups in total. The smallest absolute Gasteiger partial charge is 0.207 e. The molecule has 0 spiro atoms. The Balaban J connectivity index is 2.43. The first-order valence-corrected chi connectivity index (χ1v) is 9.52. The molecule has 2 rings (SSSR count). The average Bonchev–Trinajstić information content (AvgIpc) is 3.22. The van der Waals surface area contributed by atoms with Crippen LogP contribution in [0.5, 0.6) is 0 Å². The SMILES string of the molecule is CCN(CC1CC1)S(=O)(=O)c1cc(CCl)cc(C)c1Br. The standard InChI is InChI=1S/C14H19BrClNO2S/c1-3-17(9-11-4-5-11)20(18,19)13-7-12(8-16)6-10(2)14(13)15/h6-7,11H,3-5,8-9H2,1-2H3. The molecule has 1 fully saturated rings. The number of rotatable bonds is 6. The first-order chi connectivity index (χ1) is 9.40. The lowest BCUT2D eigenvalue weighted by Crippen LogP contribution is -2.33. The van der Waals surface area contributed by atoms with E-state index in [0.29, 0.717) is 34.3 Å². The Bertz CT molecular complexity index is 599. The van der Waals surface area contributed by atoms with Crippen molar-refractivity contribution in [2.45, 2.75) is 37.5 Å². The number of sulfonamides is 1. The topological polar surface area (TPSA) is 37.4 Å². The van der Waals surface area contributed by atoms with Crippen LogP contribution in [0, 0.1) is 12.8 Å². The normalized spacial score (nSPS) is 15.8. The number of benzene rings is 1. The summed E-state index contributed by atoms with van der Waals surface area (Å²) in [4.78, 5) is 0.329. The molecule has 0 heterocycles. The highest BCUT2D eigenvalue weighted by molar-refractivity contribution is 9.10. The van der Waals surface area contributed by atoms with E-state index in [4.69, 9.17) is 11.6 Å². The van der Waals surface area contributed by atoms with E-state index in [-0.39, 0.29) is 0 Å². The van der Waals surface area contributed by atoms with Crippen molar-refractivity contribution in [1.29, 1.82) is 0 Å². The molecule has 1 aromatic carbocycles. The Morgan fingerprint density at radius 1 is 1.40 bits per heavy atom. The molecule has 6 heteroatoms. The summed E-state index contributed by atoms with van der Waals surface area (Å²) in [6.45, 7) is 4.88.